The molecule has 8 heteroatoms. The van der Waals surface area contributed by atoms with Crippen molar-refractivity contribution in [3.63, 3.8) is 0 Å². The van der Waals surface area contributed by atoms with Crippen LogP contribution in [0.15, 0.2) is 46.0 Å². The van der Waals surface area contributed by atoms with E-state index in [2.05, 4.69) is 22.4 Å². The number of carbonyl (C=O) groups excluding carboxylic acids is 1. The summed E-state index contributed by atoms with van der Waals surface area (Å²) >= 11 is 1.21. The van der Waals surface area contributed by atoms with Crippen molar-refractivity contribution in [2.45, 2.75) is 31.2 Å². The lowest BCUT2D eigenvalue weighted by Gasteiger charge is -2.10. The van der Waals surface area contributed by atoms with Gasteiger partial charge in [-0.1, -0.05) is 17.8 Å². The number of hydrogen-bond acceptors (Lipinski definition) is 7. The third-order valence-electron chi connectivity index (χ3n) is 4.45. The van der Waals surface area contributed by atoms with Gasteiger partial charge in [0.05, 0.1) is 5.25 Å². The summed E-state index contributed by atoms with van der Waals surface area (Å²) in [5, 5.41) is 10.9. The molecule has 1 aliphatic heterocycles. The molecule has 0 radical (unpaired) electrons. The Morgan fingerprint density at radius 1 is 1.07 bits per heavy atom. The fourth-order valence-electron chi connectivity index (χ4n) is 2.67. The molecule has 2 heterocycles. The number of benzene rings is 2. The Morgan fingerprint density at radius 2 is 1.89 bits per heavy atom. The smallest absolute Gasteiger partial charge is 0.277 e. The Bertz CT molecular complexity index is 1030. The molecular weight excluding hydrogens is 378 g/mol. The first-order valence-electron chi connectivity index (χ1n) is 8.78. The minimum Gasteiger partial charge on any atom is -0.454 e. The molecule has 1 amide bonds. The first kappa shape index (κ1) is 18.4. The van der Waals surface area contributed by atoms with Crippen LogP contribution in [-0.2, 0) is 4.79 Å². The topological polar surface area (TPSA) is 86.5 Å². The first-order chi connectivity index (χ1) is 13.5. The van der Waals surface area contributed by atoms with Gasteiger partial charge < -0.3 is 19.2 Å². The molecule has 0 unspecified atom stereocenters. The molecule has 1 aliphatic rings. The van der Waals surface area contributed by atoms with Crippen LogP contribution in [-0.4, -0.2) is 28.1 Å². The maximum atomic E-state index is 12.5. The van der Waals surface area contributed by atoms with Crippen molar-refractivity contribution >= 4 is 23.4 Å². The predicted molar refractivity (Wildman–Crippen MR) is 106 cm³/mol. The highest BCUT2D eigenvalue weighted by molar-refractivity contribution is 8.00. The van der Waals surface area contributed by atoms with Crippen LogP contribution >= 0.6 is 11.8 Å². The summed E-state index contributed by atoms with van der Waals surface area (Å²) in [5.41, 5.74) is 3.86. The minimum atomic E-state index is -0.418. The van der Waals surface area contributed by atoms with Gasteiger partial charge >= 0.3 is 0 Å². The highest BCUT2D eigenvalue weighted by Crippen LogP contribution is 2.34. The van der Waals surface area contributed by atoms with Crippen LogP contribution in [0.4, 0.5) is 5.69 Å². The van der Waals surface area contributed by atoms with E-state index in [0.29, 0.717) is 28.3 Å². The van der Waals surface area contributed by atoms with E-state index < -0.39 is 5.25 Å². The van der Waals surface area contributed by atoms with Crippen LogP contribution in [0, 0.1) is 13.8 Å². The standard InChI is InChI=1S/C20H19N3O4S/c1-11-4-5-14(8-12(11)2)19-22-23-20(27-19)28-13(3)18(24)21-15-6-7-16-17(9-15)26-10-25-16/h4-9,13H,10H2,1-3H3,(H,21,24)/t13-/m0/s1. The van der Waals surface area contributed by atoms with Crippen LogP contribution in [0.3, 0.4) is 0 Å². The summed E-state index contributed by atoms with van der Waals surface area (Å²) in [4.78, 5) is 12.5. The molecule has 0 saturated heterocycles. The zero-order valence-electron chi connectivity index (χ0n) is 15.7. The van der Waals surface area contributed by atoms with Crippen molar-refractivity contribution in [2.75, 3.05) is 12.1 Å². The average molecular weight is 397 g/mol. The van der Waals surface area contributed by atoms with E-state index in [4.69, 9.17) is 13.9 Å². The zero-order chi connectivity index (χ0) is 19.7. The molecule has 7 nitrogen and oxygen atoms in total. The van der Waals surface area contributed by atoms with Crippen molar-refractivity contribution in [3.05, 3.63) is 47.5 Å². The van der Waals surface area contributed by atoms with E-state index in [-0.39, 0.29) is 12.7 Å². The summed E-state index contributed by atoms with van der Waals surface area (Å²) in [6.45, 7) is 6.06. The number of anilines is 1. The molecule has 144 valence electrons. The van der Waals surface area contributed by atoms with Crippen molar-refractivity contribution < 1.29 is 18.7 Å². The number of aromatic nitrogens is 2. The molecule has 0 spiro atoms. The number of nitrogens with one attached hydrogen (secondary N) is 1. The normalized spacial score (nSPS) is 13.4. The summed E-state index contributed by atoms with van der Waals surface area (Å²) < 4.78 is 16.3. The van der Waals surface area contributed by atoms with Crippen molar-refractivity contribution in [2.24, 2.45) is 0 Å². The highest BCUT2D eigenvalue weighted by atomic mass is 32.2. The second-order valence-corrected chi connectivity index (χ2v) is 7.78. The number of amides is 1. The molecule has 4 rings (SSSR count). The van der Waals surface area contributed by atoms with E-state index >= 15 is 0 Å². The number of carbonyl (C=O) groups is 1. The second-order valence-electron chi connectivity index (χ2n) is 6.49. The van der Waals surface area contributed by atoms with E-state index in [1.165, 1.54) is 17.3 Å². The zero-order valence-corrected chi connectivity index (χ0v) is 16.5. The first-order valence-corrected chi connectivity index (χ1v) is 9.66. The molecule has 1 aromatic heterocycles. The second kappa shape index (κ2) is 7.55. The Hall–Kier alpha value is -3.00. The van der Waals surface area contributed by atoms with Gasteiger partial charge in [-0.15, -0.1) is 10.2 Å². The summed E-state index contributed by atoms with van der Waals surface area (Å²) in [6, 6.07) is 11.2. The number of fused-ring (bicyclic) bond motifs is 1. The van der Waals surface area contributed by atoms with Crippen LogP contribution in [0.25, 0.3) is 11.5 Å². The predicted octanol–water partition coefficient (Wildman–Crippen LogP) is 4.20. The molecule has 0 saturated carbocycles. The number of thioether (sulfide) groups is 1. The molecule has 2 aromatic carbocycles. The molecule has 0 bridgehead atoms. The number of ether oxygens (including phenoxy) is 2. The van der Waals surface area contributed by atoms with E-state index in [1.807, 2.05) is 25.1 Å². The lowest BCUT2D eigenvalue weighted by Crippen LogP contribution is -2.22. The number of hydrogen-bond donors (Lipinski definition) is 1. The van der Waals surface area contributed by atoms with Gasteiger partial charge in [-0.3, -0.25) is 4.79 Å². The average Bonchev–Trinajstić information content (AvgIpc) is 3.33. The van der Waals surface area contributed by atoms with Crippen molar-refractivity contribution in [1.82, 2.24) is 10.2 Å². The van der Waals surface area contributed by atoms with Crippen molar-refractivity contribution in [3.8, 4) is 23.0 Å². The van der Waals surface area contributed by atoms with Crippen LogP contribution in [0.2, 0.25) is 0 Å². The lowest BCUT2D eigenvalue weighted by molar-refractivity contribution is -0.115. The van der Waals surface area contributed by atoms with Gasteiger partial charge in [0.25, 0.3) is 5.22 Å². The van der Waals surface area contributed by atoms with Crippen LogP contribution in [0.1, 0.15) is 18.1 Å². The number of aryl methyl sites for hydroxylation is 2. The Kier molecular flexibility index (Phi) is 4.95. The molecule has 0 aliphatic carbocycles. The molecule has 1 N–H and O–H groups in total. The maximum absolute atomic E-state index is 12.5. The molecule has 3 aromatic rings. The largest absolute Gasteiger partial charge is 0.454 e. The number of rotatable bonds is 5. The third kappa shape index (κ3) is 3.82. The monoisotopic (exact) mass is 397 g/mol. The summed E-state index contributed by atoms with van der Waals surface area (Å²) in [7, 11) is 0. The summed E-state index contributed by atoms with van der Waals surface area (Å²) in [5.74, 6) is 1.56. The Balaban J connectivity index is 1.40. The van der Waals surface area contributed by atoms with Crippen molar-refractivity contribution in [1.29, 1.82) is 0 Å². The van der Waals surface area contributed by atoms with Gasteiger partial charge in [-0.25, -0.2) is 0 Å². The Morgan fingerprint density at radius 3 is 2.71 bits per heavy atom. The third-order valence-corrected chi connectivity index (χ3v) is 5.38. The molecular formula is C20H19N3O4S. The fraction of sp³-hybridized carbons (Fsp3) is 0.250. The van der Waals surface area contributed by atoms with Crippen LogP contribution in [0.5, 0.6) is 11.5 Å². The van der Waals surface area contributed by atoms with Crippen LogP contribution < -0.4 is 14.8 Å². The Labute approximate surface area is 166 Å². The molecule has 1 atom stereocenters. The van der Waals surface area contributed by atoms with Gasteiger partial charge in [-0.2, -0.15) is 0 Å². The van der Waals surface area contributed by atoms with Gasteiger partial charge in [0.1, 0.15) is 0 Å². The quantitative estimate of drug-likeness (QED) is 0.646. The lowest BCUT2D eigenvalue weighted by atomic mass is 10.1. The van der Waals surface area contributed by atoms with Gasteiger partial charge in [0, 0.05) is 17.3 Å². The van der Waals surface area contributed by atoms with Gasteiger partial charge in [0.2, 0.25) is 18.6 Å². The van der Waals surface area contributed by atoms with E-state index in [0.717, 1.165) is 11.1 Å². The van der Waals surface area contributed by atoms with E-state index in [9.17, 15) is 4.79 Å². The highest BCUT2D eigenvalue weighted by Gasteiger charge is 2.20. The fourth-order valence-corrected chi connectivity index (χ4v) is 3.35. The molecule has 28 heavy (non-hydrogen) atoms. The summed E-state index contributed by atoms with van der Waals surface area (Å²) in [6.07, 6.45) is 0. The minimum absolute atomic E-state index is 0.171. The van der Waals surface area contributed by atoms with Gasteiger partial charge in [-0.05, 0) is 56.2 Å². The molecule has 0 fully saturated rings. The van der Waals surface area contributed by atoms with E-state index in [1.54, 1.807) is 25.1 Å². The van der Waals surface area contributed by atoms with Gasteiger partial charge in [0.15, 0.2) is 11.5 Å². The SMILES string of the molecule is Cc1ccc(-c2nnc(S[C@@H](C)C(=O)Nc3ccc4c(c3)OCO4)o2)cc1C. The number of nitrogens with zero attached hydrogens (tertiary/aromatic N) is 2. The maximum Gasteiger partial charge on any atom is 0.277 e.